The molecule has 0 atom stereocenters. The second kappa shape index (κ2) is 3.50. The zero-order valence-corrected chi connectivity index (χ0v) is 9.32. The smallest absolute Gasteiger partial charge is 0.409 e. The Hall–Kier alpha value is -1.63. The van der Waals surface area contributed by atoms with Crippen LogP contribution in [-0.2, 0) is 0 Å². The number of rotatable bonds is 1. The molecule has 2 aromatic rings. The van der Waals surface area contributed by atoms with Gasteiger partial charge in [0.1, 0.15) is 5.82 Å². The van der Waals surface area contributed by atoms with E-state index in [1.807, 2.05) is 0 Å². The largest absolute Gasteiger partial charge is 0.465 e. The summed E-state index contributed by atoms with van der Waals surface area (Å²) < 4.78 is 2.46. The summed E-state index contributed by atoms with van der Waals surface area (Å²) in [6.45, 7) is 1.79. The number of aromatic nitrogens is 3. The summed E-state index contributed by atoms with van der Waals surface area (Å²) in [7, 11) is 0. The minimum atomic E-state index is -1.13. The van der Waals surface area contributed by atoms with Crippen LogP contribution in [0.1, 0.15) is 5.82 Å². The minimum Gasteiger partial charge on any atom is -0.465 e. The van der Waals surface area contributed by atoms with Crippen molar-refractivity contribution in [2.75, 3.05) is 5.32 Å². The third kappa shape index (κ3) is 1.78. The Morgan fingerprint density at radius 3 is 3.00 bits per heavy atom. The number of anilines is 1. The molecular weight excluding hydrogens is 264 g/mol. The van der Waals surface area contributed by atoms with E-state index in [2.05, 4.69) is 31.4 Å². The summed E-state index contributed by atoms with van der Waals surface area (Å²) >= 11 is 3.28. The molecule has 0 aromatic carbocycles. The van der Waals surface area contributed by atoms with Crippen LogP contribution in [0.3, 0.4) is 0 Å². The number of fused-ring (bicyclic) bond motifs is 1. The number of nitrogens with one attached hydrogen (secondary N) is 1. The molecule has 78 valence electrons. The van der Waals surface area contributed by atoms with E-state index in [1.165, 1.54) is 0 Å². The van der Waals surface area contributed by atoms with Gasteiger partial charge in [-0.15, -0.1) is 10.2 Å². The molecule has 0 aliphatic heterocycles. The second-order valence-electron chi connectivity index (χ2n) is 2.94. The highest BCUT2D eigenvalue weighted by Crippen LogP contribution is 2.21. The summed E-state index contributed by atoms with van der Waals surface area (Å²) in [6.07, 6.45) is 0.646. The highest BCUT2D eigenvalue weighted by atomic mass is 79.9. The third-order valence-electron chi connectivity index (χ3n) is 1.88. The van der Waals surface area contributed by atoms with E-state index < -0.39 is 6.09 Å². The summed E-state index contributed by atoms with van der Waals surface area (Å²) in [5, 5.41) is 18.6. The number of amides is 1. The van der Waals surface area contributed by atoms with Crippen LogP contribution in [-0.4, -0.2) is 25.8 Å². The van der Waals surface area contributed by atoms with Crippen LogP contribution in [0.25, 0.3) is 5.65 Å². The van der Waals surface area contributed by atoms with Gasteiger partial charge < -0.3 is 5.11 Å². The summed E-state index contributed by atoms with van der Waals surface area (Å²) in [6, 6.07) is 1.64. The van der Waals surface area contributed by atoms with Gasteiger partial charge in [-0.25, -0.2) is 4.79 Å². The van der Waals surface area contributed by atoms with Gasteiger partial charge in [0.2, 0.25) is 0 Å². The van der Waals surface area contributed by atoms with Crippen molar-refractivity contribution in [2.45, 2.75) is 6.92 Å². The Kier molecular flexibility index (Phi) is 2.31. The highest BCUT2D eigenvalue weighted by molar-refractivity contribution is 9.10. The molecule has 15 heavy (non-hydrogen) atoms. The van der Waals surface area contributed by atoms with Crippen molar-refractivity contribution in [1.82, 2.24) is 14.6 Å². The number of nitrogens with zero attached hydrogens (tertiary/aromatic N) is 3. The van der Waals surface area contributed by atoms with E-state index in [1.54, 1.807) is 23.6 Å². The summed E-state index contributed by atoms with van der Waals surface area (Å²) in [5.41, 5.74) is 0.885. The Bertz CT molecular complexity index is 537. The molecule has 1 amide bonds. The van der Waals surface area contributed by atoms with Crippen molar-refractivity contribution < 1.29 is 9.90 Å². The zero-order valence-electron chi connectivity index (χ0n) is 7.73. The number of aryl methyl sites for hydroxylation is 1. The Balaban J connectivity index is 2.66. The van der Waals surface area contributed by atoms with Crippen LogP contribution in [0, 0.1) is 6.92 Å². The molecule has 0 fully saturated rings. The number of carboxylic acid groups (broad SMARTS) is 1. The van der Waals surface area contributed by atoms with Crippen LogP contribution < -0.4 is 5.32 Å². The number of hydrogen-bond acceptors (Lipinski definition) is 3. The van der Waals surface area contributed by atoms with Gasteiger partial charge in [0.05, 0.1) is 5.69 Å². The molecule has 0 saturated heterocycles. The lowest BCUT2D eigenvalue weighted by Crippen LogP contribution is -2.08. The average molecular weight is 271 g/mol. The molecule has 0 aliphatic rings. The van der Waals surface area contributed by atoms with Crippen LogP contribution in [0.15, 0.2) is 16.7 Å². The predicted molar refractivity (Wildman–Crippen MR) is 57.1 cm³/mol. The van der Waals surface area contributed by atoms with Crippen molar-refractivity contribution in [3.8, 4) is 0 Å². The van der Waals surface area contributed by atoms with Gasteiger partial charge in [0.25, 0.3) is 0 Å². The van der Waals surface area contributed by atoms with Crippen molar-refractivity contribution >= 4 is 33.4 Å². The molecule has 0 spiro atoms. The zero-order chi connectivity index (χ0) is 11.0. The average Bonchev–Trinajstić information content (AvgIpc) is 2.47. The maximum Gasteiger partial charge on any atom is 0.409 e. The number of hydrogen-bond donors (Lipinski definition) is 2. The molecule has 2 heterocycles. The maximum atomic E-state index is 10.5. The van der Waals surface area contributed by atoms with Crippen molar-refractivity contribution in [3.05, 3.63) is 22.6 Å². The van der Waals surface area contributed by atoms with Crippen molar-refractivity contribution in [3.63, 3.8) is 0 Å². The Morgan fingerprint density at radius 2 is 2.33 bits per heavy atom. The van der Waals surface area contributed by atoms with Crippen molar-refractivity contribution in [1.29, 1.82) is 0 Å². The molecule has 2 N–H and O–H groups in total. The van der Waals surface area contributed by atoms with E-state index in [9.17, 15) is 4.79 Å². The lowest BCUT2D eigenvalue weighted by Gasteiger charge is -2.03. The molecule has 2 rings (SSSR count). The van der Waals surface area contributed by atoms with Crippen LogP contribution in [0.4, 0.5) is 10.5 Å². The molecule has 0 saturated carbocycles. The molecule has 2 aromatic heterocycles. The first-order chi connectivity index (χ1) is 7.08. The molecule has 0 bridgehead atoms. The van der Waals surface area contributed by atoms with Crippen molar-refractivity contribution in [2.24, 2.45) is 0 Å². The predicted octanol–water partition coefficient (Wildman–Crippen LogP) is 1.89. The Morgan fingerprint density at radius 1 is 1.60 bits per heavy atom. The fourth-order valence-electron chi connectivity index (χ4n) is 1.28. The number of halogens is 1. The third-order valence-corrected chi connectivity index (χ3v) is 2.32. The molecule has 0 radical (unpaired) electrons. The standard InChI is InChI=1S/C8H7BrN4O2/c1-4-11-12-7-6(10-8(14)15)2-5(9)3-13(4)7/h2-3,10H,1H3,(H,14,15). The quantitative estimate of drug-likeness (QED) is 0.830. The molecule has 6 nitrogen and oxygen atoms in total. The van der Waals surface area contributed by atoms with Gasteiger partial charge in [-0.2, -0.15) is 0 Å². The number of carbonyl (C=O) groups is 1. The first-order valence-corrected chi connectivity index (χ1v) is 4.88. The SMILES string of the molecule is Cc1nnc2c(NC(=O)O)cc(Br)cn12. The maximum absolute atomic E-state index is 10.5. The van der Waals surface area contributed by atoms with Crippen LogP contribution >= 0.6 is 15.9 Å². The highest BCUT2D eigenvalue weighted by Gasteiger charge is 2.09. The topological polar surface area (TPSA) is 79.5 Å². The lowest BCUT2D eigenvalue weighted by atomic mass is 10.4. The van der Waals surface area contributed by atoms with Gasteiger partial charge in [0.15, 0.2) is 5.65 Å². The van der Waals surface area contributed by atoms with E-state index in [0.29, 0.717) is 17.2 Å². The van der Waals surface area contributed by atoms with E-state index >= 15 is 0 Å². The monoisotopic (exact) mass is 270 g/mol. The first-order valence-electron chi connectivity index (χ1n) is 4.09. The summed E-state index contributed by atoms with van der Waals surface area (Å²) in [4.78, 5) is 10.5. The normalized spacial score (nSPS) is 10.5. The molecule has 0 unspecified atom stereocenters. The van der Waals surface area contributed by atoms with Crippen LogP contribution in [0.2, 0.25) is 0 Å². The van der Waals surface area contributed by atoms with E-state index in [-0.39, 0.29) is 0 Å². The number of pyridine rings is 1. The van der Waals surface area contributed by atoms with Crippen LogP contribution in [0.5, 0.6) is 0 Å². The molecule has 7 heteroatoms. The lowest BCUT2D eigenvalue weighted by molar-refractivity contribution is 0.210. The first kappa shape index (κ1) is 9.91. The van der Waals surface area contributed by atoms with Gasteiger partial charge in [-0.05, 0) is 28.9 Å². The van der Waals surface area contributed by atoms with Gasteiger partial charge >= 0.3 is 6.09 Å². The fraction of sp³-hybridized carbons (Fsp3) is 0.125. The van der Waals surface area contributed by atoms with E-state index in [4.69, 9.17) is 5.11 Å². The Labute approximate surface area is 93.1 Å². The van der Waals surface area contributed by atoms with E-state index in [0.717, 1.165) is 4.47 Å². The minimum absolute atomic E-state index is 0.400. The second-order valence-corrected chi connectivity index (χ2v) is 3.86. The fourth-order valence-corrected chi connectivity index (χ4v) is 1.71. The van der Waals surface area contributed by atoms with Gasteiger partial charge in [0, 0.05) is 10.7 Å². The summed E-state index contributed by atoms with van der Waals surface area (Å²) in [5.74, 6) is 0.694. The molecule has 0 aliphatic carbocycles. The molecular formula is C8H7BrN4O2. The van der Waals surface area contributed by atoms with Gasteiger partial charge in [-0.1, -0.05) is 0 Å². The van der Waals surface area contributed by atoms with Gasteiger partial charge in [-0.3, -0.25) is 9.72 Å².